The molecule has 0 amide bonds. The van der Waals surface area contributed by atoms with E-state index < -0.39 is 0 Å². The standard InChI is InChI=1S/C14H21NO/c1-12(13-5-3-2-4-6-13)11-15-14-7-9-16-10-8-14/h2-6,12,14-15H,7-11H2,1H3. The number of hydrogen-bond acceptors (Lipinski definition) is 2. The predicted molar refractivity (Wildman–Crippen MR) is 66.7 cm³/mol. The number of ether oxygens (including phenoxy) is 1. The molecule has 1 unspecified atom stereocenters. The van der Waals surface area contributed by atoms with Crippen LogP contribution in [0.5, 0.6) is 0 Å². The fraction of sp³-hybridized carbons (Fsp3) is 0.571. The second-order valence-corrected chi connectivity index (χ2v) is 4.61. The third-order valence-corrected chi connectivity index (χ3v) is 3.30. The Balaban J connectivity index is 1.77. The van der Waals surface area contributed by atoms with Crippen molar-refractivity contribution in [1.29, 1.82) is 0 Å². The topological polar surface area (TPSA) is 21.3 Å². The highest BCUT2D eigenvalue weighted by molar-refractivity contribution is 5.18. The van der Waals surface area contributed by atoms with Gasteiger partial charge in [0.15, 0.2) is 0 Å². The zero-order chi connectivity index (χ0) is 11.2. The lowest BCUT2D eigenvalue weighted by atomic mass is 10.0. The van der Waals surface area contributed by atoms with Crippen molar-refractivity contribution in [3.05, 3.63) is 35.9 Å². The average molecular weight is 219 g/mol. The molecular weight excluding hydrogens is 198 g/mol. The van der Waals surface area contributed by atoms with Gasteiger partial charge in [-0.15, -0.1) is 0 Å². The molecule has 2 rings (SSSR count). The highest BCUT2D eigenvalue weighted by Gasteiger charge is 2.14. The molecule has 2 heteroatoms. The Morgan fingerprint density at radius 2 is 1.94 bits per heavy atom. The van der Waals surface area contributed by atoms with Crippen molar-refractivity contribution in [2.24, 2.45) is 0 Å². The SMILES string of the molecule is CC(CNC1CCOCC1)c1ccccc1. The average Bonchev–Trinajstić information content (AvgIpc) is 2.38. The largest absolute Gasteiger partial charge is 0.381 e. The molecule has 1 fully saturated rings. The van der Waals surface area contributed by atoms with Crippen molar-refractivity contribution in [1.82, 2.24) is 5.32 Å². The molecule has 1 atom stereocenters. The lowest BCUT2D eigenvalue weighted by Crippen LogP contribution is -2.36. The summed E-state index contributed by atoms with van der Waals surface area (Å²) in [5.74, 6) is 0.587. The van der Waals surface area contributed by atoms with Crippen LogP contribution in [0.4, 0.5) is 0 Å². The van der Waals surface area contributed by atoms with Gasteiger partial charge in [-0.2, -0.15) is 0 Å². The highest BCUT2D eigenvalue weighted by Crippen LogP contribution is 2.14. The van der Waals surface area contributed by atoms with Crippen LogP contribution in [0, 0.1) is 0 Å². The summed E-state index contributed by atoms with van der Waals surface area (Å²) >= 11 is 0. The summed E-state index contributed by atoms with van der Waals surface area (Å²) in [6, 6.07) is 11.4. The molecule has 0 aliphatic carbocycles. The molecular formula is C14H21NO. The van der Waals surface area contributed by atoms with Gasteiger partial charge < -0.3 is 10.1 Å². The maximum Gasteiger partial charge on any atom is 0.0480 e. The second kappa shape index (κ2) is 6.02. The van der Waals surface area contributed by atoms with E-state index in [0.29, 0.717) is 12.0 Å². The van der Waals surface area contributed by atoms with Crippen LogP contribution in [-0.4, -0.2) is 25.8 Å². The zero-order valence-corrected chi connectivity index (χ0v) is 9.99. The monoisotopic (exact) mass is 219 g/mol. The van der Waals surface area contributed by atoms with Gasteiger partial charge in [0.25, 0.3) is 0 Å². The molecule has 1 saturated heterocycles. The molecule has 1 aliphatic heterocycles. The molecule has 2 nitrogen and oxygen atoms in total. The smallest absolute Gasteiger partial charge is 0.0480 e. The molecule has 1 heterocycles. The first-order valence-electron chi connectivity index (χ1n) is 6.22. The minimum atomic E-state index is 0.587. The van der Waals surface area contributed by atoms with Gasteiger partial charge in [-0.3, -0.25) is 0 Å². The van der Waals surface area contributed by atoms with Crippen LogP contribution < -0.4 is 5.32 Å². The quantitative estimate of drug-likeness (QED) is 0.840. The third-order valence-electron chi connectivity index (χ3n) is 3.30. The van der Waals surface area contributed by atoms with Gasteiger partial charge in [0.05, 0.1) is 0 Å². The fourth-order valence-corrected chi connectivity index (χ4v) is 2.14. The van der Waals surface area contributed by atoms with E-state index in [1.807, 2.05) is 0 Å². The summed E-state index contributed by atoms with van der Waals surface area (Å²) in [5, 5.41) is 3.64. The van der Waals surface area contributed by atoms with Crippen molar-refractivity contribution in [2.75, 3.05) is 19.8 Å². The van der Waals surface area contributed by atoms with Crippen molar-refractivity contribution in [3.8, 4) is 0 Å². The molecule has 16 heavy (non-hydrogen) atoms. The van der Waals surface area contributed by atoms with Gasteiger partial charge in [0.1, 0.15) is 0 Å². The first-order valence-corrected chi connectivity index (χ1v) is 6.22. The van der Waals surface area contributed by atoms with E-state index >= 15 is 0 Å². The van der Waals surface area contributed by atoms with E-state index in [2.05, 4.69) is 42.6 Å². The van der Waals surface area contributed by atoms with Crippen LogP contribution in [0.2, 0.25) is 0 Å². The summed E-state index contributed by atoms with van der Waals surface area (Å²) in [6.07, 6.45) is 2.31. The first-order chi connectivity index (χ1) is 7.86. The van der Waals surface area contributed by atoms with Crippen molar-refractivity contribution in [3.63, 3.8) is 0 Å². The van der Waals surface area contributed by atoms with Gasteiger partial charge in [-0.05, 0) is 24.3 Å². The Kier molecular flexibility index (Phi) is 4.37. The first kappa shape index (κ1) is 11.6. The maximum absolute atomic E-state index is 5.35. The Hall–Kier alpha value is -0.860. The van der Waals surface area contributed by atoms with Crippen molar-refractivity contribution in [2.45, 2.75) is 31.7 Å². The molecule has 1 aromatic carbocycles. The third kappa shape index (κ3) is 3.32. The van der Waals surface area contributed by atoms with Gasteiger partial charge in [-0.1, -0.05) is 37.3 Å². The molecule has 1 N–H and O–H groups in total. The van der Waals surface area contributed by atoms with E-state index in [1.54, 1.807) is 0 Å². The van der Waals surface area contributed by atoms with Gasteiger partial charge in [0, 0.05) is 25.8 Å². The van der Waals surface area contributed by atoms with E-state index in [4.69, 9.17) is 4.74 Å². The maximum atomic E-state index is 5.35. The lowest BCUT2D eigenvalue weighted by Gasteiger charge is -2.25. The molecule has 0 bridgehead atoms. The molecule has 0 aromatic heterocycles. The normalized spacial score (nSPS) is 19.6. The zero-order valence-electron chi connectivity index (χ0n) is 9.99. The molecule has 88 valence electrons. The minimum absolute atomic E-state index is 0.587. The van der Waals surface area contributed by atoms with Crippen molar-refractivity contribution >= 4 is 0 Å². The summed E-state index contributed by atoms with van der Waals surface area (Å²) < 4.78 is 5.35. The van der Waals surface area contributed by atoms with Crippen LogP contribution in [0.15, 0.2) is 30.3 Å². The highest BCUT2D eigenvalue weighted by atomic mass is 16.5. The number of benzene rings is 1. The van der Waals surface area contributed by atoms with Gasteiger partial charge >= 0.3 is 0 Å². The summed E-state index contributed by atoms with van der Waals surface area (Å²) in [5.41, 5.74) is 1.42. The molecule has 0 radical (unpaired) electrons. The Morgan fingerprint density at radius 3 is 2.62 bits per heavy atom. The Labute approximate surface area is 98.0 Å². The van der Waals surface area contributed by atoms with Crippen LogP contribution in [0.3, 0.4) is 0 Å². The predicted octanol–water partition coefficient (Wildman–Crippen LogP) is 2.56. The van der Waals surface area contributed by atoms with Gasteiger partial charge in [-0.25, -0.2) is 0 Å². The van der Waals surface area contributed by atoms with Crippen LogP contribution in [0.1, 0.15) is 31.2 Å². The van der Waals surface area contributed by atoms with E-state index in [1.165, 1.54) is 5.56 Å². The van der Waals surface area contributed by atoms with Crippen LogP contribution in [-0.2, 0) is 4.74 Å². The molecule has 1 aromatic rings. The lowest BCUT2D eigenvalue weighted by molar-refractivity contribution is 0.0778. The number of hydrogen-bond donors (Lipinski definition) is 1. The van der Waals surface area contributed by atoms with Gasteiger partial charge in [0.2, 0.25) is 0 Å². The Morgan fingerprint density at radius 1 is 1.25 bits per heavy atom. The van der Waals surface area contributed by atoms with E-state index in [9.17, 15) is 0 Å². The summed E-state index contributed by atoms with van der Waals surface area (Å²) in [4.78, 5) is 0. The summed E-state index contributed by atoms with van der Waals surface area (Å²) in [6.45, 7) is 5.17. The van der Waals surface area contributed by atoms with E-state index in [-0.39, 0.29) is 0 Å². The van der Waals surface area contributed by atoms with Crippen LogP contribution >= 0.6 is 0 Å². The minimum Gasteiger partial charge on any atom is -0.381 e. The summed E-state index contributed by atoms with van der Waals surface area (Å²) in [7, 11) is 0. The Bertz CT molecular complexity index is 293. The number of nitrogens with one attached hydrogen (secondary N) is 1. The number of rotatable bonds is 4. The fourth-order valence-electron chi connectivity index (χ4n) is 2.14. The molecule has 0 saturated carbocycles. The van der Waals surface area contributed by atoms with Crippen molar-refractivity contribution < 1.29 is 4.74 Å². The second-order valence-electron chi connectivity index (χ2n) is 4.61. The molecule has 0 spiro atoms. The molecule has 1 aliphatic rings. The van der Waals surface area contributed by atoms with Crippen LogP contribution in [0.25, 0.3) is 0 Å². The van der Waals surface area contributed by atoms with E-state index in [0.717, 1.165) is 32.6 Å².